The van der Waals surface area contributed by atoms with Gasteiger partial charge in [0.25, 0.3) is 0 Å². The molecule has 1 aromatic heterocycles. The van der Waals surface area contributed by atoms with Crippen LogP contribution in [0.25, 0.3) is 0 Å². The molecule has 1 N–H and O–H groups in total. The summed E-state index contributed by atoms with van der Waals surface area (Å²) in [6.45, 7) is 7.29. The van der Waals surface area contributed by atoms with Crippen molar-refractivity contribution in [1.29, 1.82) is 0 Å². The van der Waals surface area contributed by atoms with E-state index < -0.39 is 0 Å². The fraction of sp³-hybridized carbons (Fsp3) is 0.389. The van der Waals surface area contributed by atoms with E-state index in [0.29, 0.717) is 6.54 Å². The summed E-state index contributed by atoms with van der Waals surface area (Å²) in [5.74, 6) is 0.0286. The zero-order valence-electron chi connectivity index (χ0n) is 14.0. The number of rotatable bonds is 6. The smallest absolute Gasteiger partial charge is 0.234 e. The Morgan fingerprint density at radius 2 is 2.00 bits per heavy atom. The molecule has 0 aliphatic heterocycles. The number of benzene rings is 1. The van der Waals surface area contributed by atoms with Crippen LogP contribution in [-0.4, -0.2) is 24.4 Å². The molecule has 0 spiro atoms. The molecule has 0 radical (unpaired) electrons. The lowest BCUT2D eigenvalue weighted by Crippen LogP contribution is -2.36. The summed E-state index contributed by atoms with van der Waals surface area (Å²) in [5.41, 5.74) is 3.64. The van der Waals surface area contributed by atoms with Gasteiger partial charge in [0, 0.05) is 11.4 Å². The Morgan fingerprint density at radius 1 is 1.26 bits per heavy atom. The van der Waals surface area contributed by atoms with Gasteiger partial charge in [-0.15, -0.1) is 11.3 Å². The number of hydrogen-bond donors (Lipinski definition) is 1. The number of halogens is 1. The van der Waals surface area contributed by atoms with Crippen molar-refractivity contribution in [3.63, 3.8) is 0 Å². The SMILES string of the molecule is Cc1ccc(C(C)NC(=O)CN(C)Cc2ccc(Cl)s2)cc1C. The van der Waals surface area contributed by atoms with Crippen LogP contribution in [0.3, 0.4) is 0 Å². The Morgan fingerprint density at radius 3 is 2.61 bits per heavy atom. The maximum atomic E-state index is 12.2. The molecule has 2 aromatic rings. The third kappa shape index (κ3) is 5.34. The van der Waals surface area contributed by atoms with Crippen molar-refractivity contribution in [2.24, 2.45) is 0 Å². The van der Waals surface area contributed by atoms with E-state index in [0.717, 1.165) is 21.3 Å². The van der Waals surface area contributed by atoms with Gasteiger partial charge in [0.05, 0.1) is 16.9 Å². The van der Waals surface area contributed by atoms with Crippen LogP contribution in [0.15, 0.2) is 30.3 Å². The first-order valence-electron chi connectivity index (χ1n) is 7.64. The molecular formula is C18H23ClN2OS. The predicted octanol–water partition coefficient (Wildman–Crippen LogP) is 4.33. The summed E-state index contributed by atoms with van der Waals surface area (Å²) in [6, 6.07) is 10.2. The number of nitrogens with one attached hydrogen (secondary N) is 1. The summed E-state index contributed by atoms with van der Waals surface area (Å²) in [7, 11) is 1.94. The second-order valence-electron chi connectivity index (χ2n) is 6.01. The van der Waals surface area contributed by atoms with Crippen molar-refractivity contribution in [1.82, 2.24) is 10.2 Å². The van der Waals surface area contributed by atoms with E-state index in [9.17, 15) is 4.79 Å². The Hall–Kier alpha value is -1.36. The van der Waals surface area contributed by atoms with Gasteiger partial charge >= 0.3 is 0 Å². The van der Waals surface area contributed by atoms with E-state index in [4.69, 9.17) is 11.6 Å². The largest absolute Gasteiger partial charge is 0.348 e. The highest BCUT2D eigenvalue weighted by atomic mass is 35.5. The number of thiophene rings is 1. The highest BCUT2D eigenvalue weighted by Crippen LogP contribution is 2.22. The van der Waals surface area contributed by atoms with Crippen LogP contribution in [0, 0.1) is 13.8 Å². The molecule has 1 unspecified atom stereocenters. The number of amides is 1. The van der Waals surface area contributed by atoms with E-state index in [1.807, 2.05) is 31.0 Å². The van der Waals surface area contributed by atoms with Gasteiger partial charge in [0.1, 0.15) is 0 Å². The first-order chi connectivity index (χ1) is 10.8. The molecule has 1 amide bonds. The molecule has 0 saturated carbocycles. The lowest BCUT2D eigenvalue weighted by Gasteiger charge is -2.19. The minimum absolute atomic E-state index is 0.00591. The lowest BCUT2D eigenvalue weighted by molar-refractivity contribution is -0.122. The van der Waals surface area contributed by atoms with Crippen molar-refractivity contribution in [3.05, 3.63) is 56.2 Å². The molecule has 3 nitrogen and oxygen atoms in total. The van der Waals surface area contributed by atoms with Gasteiger partial charge in [-0.1, -0.05) is 29.8 Å². The van der Waals surface area contributed by atoms with E-state index in [2.05, 4.69) is 37.4 Å². The molecule has 0 fully saturated rings. The number of carbonyl (C=O) groups is 1. The molecule has 5 heteroatoms. The minimum atomic E-state index is 0.00591. The first-order valence-corrected chi connectivity index (χ1v) is 8.84. The lowest BCUT2D eigenvalue weighted by atomic mass is 10.0. The molecule has 0 saturated heterocycles. The van der Waals surface area contributed by atoms with Crippen molar-refractivity contribution < 1.29 is 4.79 Å². The van der Waals surface area contributed by atoms with E-state index in [1.54, 1.807) is 11.3 Å². The molecule has 124 valence electrons. The van der Waals surface area contributed by atoms with Crippen molar-refractivity contribution >= 4 is 28.8 Å². The van der Waals surface area contributed by atoms with Crippen LogP contribution >= 0.6 is 22.9 Å². The van der Waals surface area contributed by atoms with Gasteiger partial charge < -0.3 is 5.32 Å². The fourth-order valence-corrected chi connectivity index (χ4v) is 3.58. The van der Waals surface area contributed by atoms with Gasteiger partial charge in [-0.05, 0) is 56.6 Å². The Kier molecular flexibility index (Phi) is 6.22. The quantitative estimate of drug-likeness (QED) is 0.841. The second-order valence-corrected chi connectivity index (χ2v) is 7.81. The molecule has 0 bridgehead atoms. The highest BCUT2D eigenvalue weighted by molar-refractivity contribution is 7.16. The molecule has 0 aliphatic carbocycles. The zero-order valence-corrected chi connectivity index (χ0v) is 15.6. The highest BCUT2D eigenvalue weighted by Gasteiger charge is 2.13. The number of likely N-dealkylation sites (N-methyl/N-ethyl adjacent to an activating group) is 1. The maximum absolute atomic E-state index is 12.2. The summed E-state index contributed by atoms with van der Waals surface area (Å²) in [6.07, 6.45) is 0. The molecule has 23 heavy (non-hydrogen) atoms. The normalized spacial score (nSPS) is 12.4. The number of nitrogens with zero attached hydrogens (tertiary/aromatic N) is 1. The standard InChI is InChI=1S/C18H23ClN2OS/c1-12-5-6-15(9-13(12)2)14(3)20-18(22)11-21(4)10-16-7-8-17(19)23-16/h5-9,14H,10-11H2,1-4H3,(H,20,22). The van der Waals surface area contributed by atoms with Gasteiger partial charge in [-0.3, -0.25) is 9.69 Å². The van der Waals surface area contributed by atoms with Crippen LogP contribution in [0.2, 0.25) is 4.34 Å². The van der Waals surface area contributed by atoms with Crippen LogP contribution < -0.4 is 5.32 Å². The third-order valence-corrected chi connectivity index (χ3v) is 5.09. The summed E-state index contributed by atoms with van der Waals surface area (Å²) in [4.78, 5) is 15.4. The summed E-state index contributed by atoms with van der Waals surface area (Å²) in [5, 5.41) is 3.06. The number of carbonyl (C=O) groups excluding carboxylic acids is 1. The topological polar surface area (TPSA) is 32.3 Å². The van der Waals surface area contributed by atoms with Crippen molar-refractivity contribution in [2.75, 3.05) is 13.6 Å². The van der Waals surface area contributed by atoms with Crippen LogP contribution in [0.4, 0.5) is 0 Å². The predicted molar refractivity (Wildman–Crippen MR) is 98.1 cm³/mol. The average molecular weight is 351 g/mol. The molecule has 1 aromatic carbocycles. The maximum Gasteiger partial charge on any atom is 0.234 e. The molecule has 1 atom stereocenters. The van der Waals surface area contributed by atoms with Crippen molar-refractivity contribution in [3.8, 4) is 0 Å². The van der Waals surface area contributed by atoms with E-state index in [1.165, 1.54) is 11.1 Å². The molecule has 2 rings (SSSR count). The van der Waals surface area contributed by atoms with Gasteiger partial charge in [-0.25, -0.2) is 0 Å². The number of hydrogen-bond acceptors (Lipinski definition) is 3. The zero-order chi connectivity index (χ0) is 17.0. The van der Waals surface area contributed by atoms with Gasteiger partial charge in [0.2, 0.25) is 5.91 Å². The molecule has 1 heterocycles. The second kappa shape index (κ2) is 7.95. The van der Waals surface area contributed by atoms with Crippen LogP contribution in [0.5, 0.6) is 0 Å². The van der Waals surface area contributed by atoms with Crippen LogP contribution in [0.1, 0.15) is 34.5 Å². The van der Waals surface area contributed by atoms with Crippen molar-refractivity contribution in [2.45, 2.75) is 33.4 Å². The van der Waals surface area contributed by atoms with Gasteiger partial charge in [0.15, 0.2) is 0 Å². The minimum Gasteiger partial charge on any atom is -0.348 e. The van der Waals surface area contributed by atoms with Gasteiger partial charge in [-0.2, -0.15) is 0 Å². The average Bonchev–Trinajstić information content (AvgIpc) is 2.86. The van der Waals surface area contributed by atoms with Crippen LogP contribution in [-0.2, 0) is 11.3 Å². The summed E-state index contributed by atoms with van der Waals surface area (Å²) < 4.78 is 0.779. The molecular weight excluding hydrogens is 328 g/mol. The third-order valence-electron chi connectivity index (χ3n) is 3.88. The fourth-order valence-electron chi connectivity index (χ4n) is 2.41. The van der Waals surface area contributed by atoms with E-state index >= 15 is 0 Å². The molecule has 0 aliphatic rings. The Balaban J connectivity index is 1.86. The Bertz CT molecular complexity index is 683. The monoisotopic (exact) mass is 350 g/mol. The first kappa shape index (κ1) is 18.0. The Labute approximate surface area is 147 Å². The summed E-state index contributed by atoms with van der Waals surface area (Å²) >= 11 is 7.48. The number of aryl methyl sites for hydroxylation is 2. The van der Waals surface area contributed by atoms with E-state index in [-0.39, 0.29) is 11.9 Å².